The van der Waals surface area contributed by atoms with Crippen LogP contribution in [0.2, 0.25) is 0 Å². The van der Waals surface area contributed by atoms with E-state index in [9.17, 15) is 0 Å². The van der Waals surface area contributed by atoms with Crippen LogP contribution in [0.25, 0.3) is 5.82 Å². The molecule has 0 amide bonds. The lowest BCUT2D eigenvalue weighted by Crippen LogP contribution is -2.13. The smallest absolute Gasteiger partial charge is 0.145 e. The molecule has 3 aromatic rings. The van der Waals surface area contributed by atoms with Crippen LogP contribution in [0.1, 0.15) is 47.4 Å². The Balaban J connectivity index is 1.39. The Bertz CT molecular complexity index is 1070. The van der Waals surface area contributed by atoms with Gasteiger partial charge in [-0.15, -0.1) is 11.4 Å². The number of hydrogen-bond donors (Lipinski definition) is 2. The molecule has 0 saturated heterocycles. The summed E-state index contributed by atoms with van der Waals surface area (Å²) in [6.07, 6.45) is 14.7. The van der Waals surface area contributed by atoms with Crippen molar-refractivity contribution in [3.05, 3.63) is 114 Å². The van der Waals surface area contributed by atoms with Crippen molar-refractivity contribution >= 4 is 5.82 Å². The SMILES string of the molecule is C=CC(c1ccc(C/C(N)=C/C=C(\N)n2nccn2)cc1)c1ccc(CC2CCC2)cc1. The van der Waals surface area contributed by atoms with Crippen LogP contribution in [0.15, 0.2) is 91.4 Å². The van der Waals surface area contributed by atoms with E-state index in [4.69, 9.17) is 11.5 Å². The monoisotopic (exact) mass is 425 g/mol. The summed E-state index contributed by atoms with van der Waals surface area (Å²) in [5, 5.41) is 7.99. The average molecular weight is 426 g/mol. The summed E-state index contributed by atoms with van der Waals surface area (Å²) in [6.45, 7) is 4.08. The predicted octanol–water partition coefficient (Wildman–Crippen LogP) is 4.78. The topological polar surface area (TPSA) is 82.8 Å². The molecule has 32 heavy (non-hydrogen) atoms. The molecule has 1 unspecified atom stereocenters. The summed E-state index contributed by atoms with van der Waals surface area (Å²) in [5.74, 6) is 1.49. The lowest BCUT2D eigenvalue weighted by Gasteiger charge is -2.25. The molecule has 1 aromatic heterocycles. The van der Waals surface area contributed by atoms with E-state index in [1.54, 1.807) is 24.5 Å². The molecule has 0 radical (unpaired) electrons. The van der Waals surface area contributed by atoms with Crippen molar-refractivity contribution < 1.29 is 0 Å². The lowest BCUT2D eigenvalue weighted by atomic mass is 9.80. The molecule has 0 bridgehead atoms. The number of nitrogens with zero attached hydrogens (tertiary/aromatic N) is 3. The molecule has 1 aliphatic rings. The first-order chi connectivity index (χ1) is 15.6. The van der Waals surface area contributed by atoms with Crippen LogP contribution in [0.3, 0.4) is 0 Å². The van der Waals surface area contributed by atoms with Gasteiger partial charge < -0.3 is 11.5 Å². The molecule has 5 nitrogen and oxygen atoms in total. The Labute approximate surface area is 190 Å². The van der Waals surface area contributed by atoms with Gasteiger partial charge in [0, 0.05) is 18.0 Å². The second-order valence-corrected chi connectivity index (χ2v) is 8.53. The molecular formula is C27H31N5. The lowest BCUT2D eigenvalue weighted by molar-refractivity contribution is 0.314. The van der Waals surface area contributed by atoms with Gasteiger partial charge in [0.25, 0.3) is 0 Å². The normalized spacial score (nSPS) is 15.9. The number of aromatic nitrogens is 3. The number of rotatable bonds is 9. The van der Waals surface area contributed by atoms with Crippen molar-refractivity contribution in [1.29, 1.82) is 0 Å². The molecule has 1 atom stereocenters. The molecule has 2 aromatic carbocycles. The Kier molecular flexibility index (Phi) is 6.85. The van der Waals surface area contributed by atoms with Gasteiger partial charge in [-0.1, -0.05) is 73.9 Å². The zero-order chi connectivity index (χ0) is 22.3. The highest BCUT2D eigenvalue weighted by atomic mass is 15.5. The van der Waals surface area contributed by atoms with Crippen molar-refractivity contribution in [1.82, 2.24) is 15.0 Å². The summed E-state index contributed by atoms with van der Waals surface area (Å²) in [7, 11) is 0. The van der Waals surface area contributed by atoms with Crippen LogP contribution < -0.4 is 11.5 Å². The van der Waals surface area contributed by atoms with E-state index in [1.807, 2.05) is 6.08 Å². The maximum absolute atomic E-state index is 6.18. The van der Waals surface area contributed by atoms with Crippen molar-refractivity contribution in [2.45, 2.75) is 38.0 Å². The van der Waals surface area contributed by atoms with Crippen LogP contribution in [0, 0.1) is 5.92 Å². The first-order valence-electron chi connectivity index (χ1n) is 11.2. The van der Waals surface area contributed by atoms with Gasteiger partial charge in [0.15, 0.2) is 0 Å². The Morgan fingerprint density at radius 2 is 1.53 bits per heavy atom. The molecule has 4 rings (SSSR count). The molecule has 1 heterocycles. The predicted molar refractivity (Wildman–Crippen MR) is 130 cm³/mol. The van der Waals surface area contributed by atoms with Gasteiger partial charge in [-0.05, 0) is 46.7 Å². The average Bonchev–Trinajstić information content (AvgIpc) is 3.32. The quantitative estimate of drug-likeness (QED) is 0.382. The third-order valence-corrected chi connectivity index (χ3v) is 6.19. The Hall–Kier alpha value is -3.60. The van der Waals surface area contributed by atoms with Gasteiger partial charge in [0.05, 0.1) is 12.4 Å². The highest BCUT2D eigenvalue weighted by Gasteiger charge is 2.18. The first kappa shape index (κ1) is 21.6. The van der Waals surface area contributed by atoms with Crippen LogP contribution in [0.4, 0.5) is 0 Å². The second-order valence-electron chi connectivity index (χ2n) is 8.53. The molecule has 1 fully saturated rings. The molecule has 0 spiro atoms. The minimum atomic E-state index is 0.180. The van der Waals surface area contributed by atoms with E-state index in [2.05, 4.69) is 65.3 Å². The molecule has 0 aliphatic heterocycles. The minimum Gasteiger partial charge on any atom is -0.402 e. The number of benzene rings is 2. The molecule has 1 aliphatic carbocycles. The van der Waals surface area contributed by atoms with Gasteiger partial charge in [-0.2, -0.15) is 10.2 Å². The highest BCUT2D eigenvalue weighted by molar-refractivity contribution is 5.43. The van der Waals surface area contributed by atoms with Crippen LogP contribution in [-0.2, 0) is 12.8 Å². The number of hydrogen-bond acceptors (Lipinski definition) is 4. The fourth-order valence-electron chi connectivity index (χ4n) is 4.10. The van der Waals surface area contributed by atoms with Gasteiger partial charge in [-0.25, -0.2) is 0 Å². The zero-order valence-electron chi connectivity index (χ0n) is 18.4. The third-order valence-electron chi connectivity index (χ3n) is 6.19. The number of allylic oxidation sites excluding steroid dienone is 4. The van der Waals surface area contributed by atoms with Crippen LogP contribution >= 0.6 is 0 Å². The molecule has 5 heteroatoms. The van der Waals surface area contributed by atoms with Crippen LogP contribution in [0.5, 0.6) is 0 Å². The largest absolute Gasteiger partial charge is 0.402 e. The first-order valence-corrected chi connectivity index (χ1v) is 11.2. The summed E-state index contributed by atoms with van der Waals surface area (Å²) < 4.78 is 0. The summed E-state index contributed by atoms with van der Waals surface area (Å²) in [4.78, 5) is 1.36. The van der Waals surface area contributed by atoms with E-state index in [-0.39, 0.29) is 5.92 Å². The summed E-state index contributed by atoms with van der Waals surface area (Å²) in [5.41, 5.74) is 17.9. The maximum atomic E-state index is 6.18. The summed E-state index contributed by atoms with van der Waals surface area (Å²) in [6, 6.07) is 17.6. The Morgan fingerprint density at radius 3 is 2.06 bits per heavy atom. The summed E-state index contributed by atoms with van der Waals surface area (Å²) >= 11 is 0. The van der Waals surface area contributed by atoms with E-state index in [0.29, 0.717) is 12.2 Å². The van der Waals surface area contributed by atoms with Gasteiger partial charge in [0.1, 0.15) is 5.82 Å². The molecule has 164 valence electrons. The highest BCUT2D eigenvalue weighted by Crippen LogP contribution is 2.31. The van der Waals surface area contributed by atoms with Crippen molar-refractivity contribution in [2.24, 2.45) is 17.4 Å². The third kappa shape index (κ3) is 5.35. The molecule has 1 saturated carbocycles. The molecular weight excluding hydrogens is 394 g/mol. The van der Waals surface area contributed by atoms with E-state index in [0.717, 1.165) is 17.2 Å². The van der Waals surface area contributed by atoms with E-state index < -0.39 is 0 Å². The van der Waals surface area contributed by atoms with E-state index in [1.165, 1.54) is 47.2 Å². The van der Waals surface area contributed by atoms with Crippen molar-refractivity contribution in [3.63, 3.8) is 0 Å². The Morgan fingerprint density at radius 1 is 0.938 bits per heavy atom. The van der Waals surface area contributed by atoms with Gasteiger partial charge in [0.2, 0.25) is 0 Å². The standard InChI is InChI=1S/C27H31N5/c1-2-26(23-10-6-21(7-11-23)18-20-4-3-5-20)24-12-8-22(9-13-24)19-25(28)14-15-27(29)32-30-16-17-31-32/h2,6-17,20,26H,1,3-5,18-19,28-29H2/b25-14-,27-15+. The number of nitrogens with two attached hydrogens (primary N) is 2. The maximum Gasteiger partial charge on any atom is 0.145 e. The van der Waals surface area contributed by atoms with Gasteiger partial charge in [-0.3, -0.25) is 0 Å². The van der Waals surface area contributed by atoms with Crippen molar-refractivity contribution in [2.75, 3.05) is 0 Å². The fraction of sp³-hybridized carbons (Fsp3) is 0.259. The zero-order valence-corrected chi connectivity index (χ0v) is 18.4. The van der Waals surface area contributed by atoms with E-state index >= 15 is 0 Å². The second kappa shape index (κ2) is 10.1. The van der Waals surface area contributed by atoms with Gasteiger partial charge >= 0.3 is 0 Å². The molecule has 4 N–H and O–H groups in total. The van der Waals surface area contributed by atoms with Crippen molar-refractivity contribution in [3.8, 4) is 0 Å². The van der Waals surface area contributed by atoms with Crippen LogP contribution in [-0.4, -0.2) is 15.0 Å². The minimum absolute atomic E-state index is 0.180. The fourth-order valence-corrected chi connectivity index (χ4v) is 4.10.